The van der Waals surface area contributed by atoms with Crippen molar-refractivity contribution in [3.05, 3.63) is 23.0 Å². The molecule has 0 aliphatic carbocycles. The smallest absolute Gasteiger partial charge is 0.0663 e. The lowest BCUT2D eigenvalue weighted by Crippen LogP contribution is -2.37. The van der Waals surface area contributed by atoms with Gasteiger partial charge in [0.25, 0.3) is 0 Å². The van der Waals surface area contributed by atoms with Crippen LogP contribution in [0.5, 0.6) is 0 Å². The highest BCUT2D eigenvalue weighted by Gasteiger charge is 2.17. The van der Waals surface area contributed by atoms with Gasteiger partial charge < -0.3 is 9.64 Å². The van der Waals surface area contributed by atoms with Crippen molar-refractivity contribution in [2.45, 2.75) is 19.8 Å². The predicted molar refractivity (Wildman–Crippen MR) is 66.4 cm³/mol. The van der Waals surface area contributed by atoms with Crippen molar-refractivity contribution in [1.29, 1.82) is 0 Å². The Bertz CT molecular complexity index is 362. The third-order valence-electron chi connectivity index (χ3n) is 2.76. The van der Waals surface area contributed by atoms with Gasteiger partial charge in [0, 0.05) is 19.3 Å². The van der Waals surface area contributed by atoms with Crippen LogP contribution in [0.2, 0.25) is 5.02 Å². The van der Waals surface area contributed by atoms with Crippen molar-refractivity contribution in [3.8, 4) is 0 Å². The van der Waals surface area contributed by atoms with Crippen LogP contribution in [-0.4, -0.2) is 31.3 Å². The third kappa shape index (κ3) is 2.47. The number of ether oxygens (including phenoxy) is 1. The minimum Gasteiger partial charge on any atom is -0.378 e. The molecule has 0 atom stereocenters. The van der Waals surface area contributed by atoms with Gasteiger partial charge in [0.15, 0.2) is 0 Å². The summed E-state index contributed by atoms with van der Waals surface area (Å²) in [5, 5.41) is 0.700. The van der Waals surface area contributed by atoms with E-state index in [1.165, 1.54) is 0 Å². The van der Waals surface area contributed by atoms with E-state index >= 15 is 0 Å². The Morgan fingerprint density at radius 3 is 2.69 bits per heavy atom. The van der Waals surface area contributed by atoms with Gasteiger partial charge in [0.1, 0.15) is 0 Å². The number of rotatable bonds is 2. The number of halogens is 1. The lowest BCUT2D eigenvalue weighted by atomic mass is 10.1. The maximum absolute atomic E-state index is 6.02. The zero-order valence-corrected chi connectivity index (χ0v) is 10.5. The first-order valence-electron chi connectivity index (χ1n) is 5.66. The second-order valence-electron chi connectivity index (χ2n) is 4.31. The van der Waals surface area contributed by atoms with Gasteiger partial charge in [-0.1, -0.05) is 25.4 Å². The summed E-state index contributed by atoms with van der Waals surface area (Å²) >= 11 is 6.02. The molecule has 1 aliphatic heterocycles. The van der Waals surface area contributed by atoms with E-state index in [1.807, 2.05) is 6.07 Å². The molecule has 1 aromatic heterocycles. The quantitative estimate of drug-likeness (QED) is 0.795. The molecule has 0 unspecified atom stereocenters. The number of pyridine rings is 1. The van der Waals surface area contributed by atoms with Crippen LogP contribution < -0.4 is 4.90 Å². The predicted octanol–water partition coefficient (Wildman–Crippen LogP) is 2.70. The summed E-state index contributed by atoms with van der Waals surface area (Å²) < 4.78 is 5.36. The molecule has 1 aliphatic rings. The Labute approximate surface area is 101 Å². The van der Waals surface area contributed by atoms with Crippen molar-refractivity contribution >= 4 is 17.3 Å². The average molecular weight is 241 g/mol. The molecule has 0 radical (unpaired) electrons. The zero-order chi connectivity index (χ0) is 11.5. The monoisotopic (exact) mass is 240 g/mol. The molecule has 0 spiro atoms. The molecule has 88 valence electrons. The van der Waals surface area contributed by atoms with Crippen molar-refractivity contribution in [3.63, 3.8) is 0 Å². The SMILES string of the molecule is CC(C)c1ncc(Cl)cc1N1CCOCC1. The fourth-order valence-electron chi connectivity index (χ4n) is 1.94. The van der Waals surface area contributed by atoms with Crippen molar-refractivity contribution in [2.75, 3.05) is 31.2 Å². The van der Waals surface area contributed by atoms with Gasteiger partial charge in [-0.2, -0.15) is 0 Å². The Balaban J connectivity index is 2.32. The van der Waals surface area contributed by atoms with Gasteiger partial charge in [-0.25, -0.2) is 0 Å². The van der Waals surface area contributed by atoms with Crippen LogP contribution in [0, 0.1) is 0 Å². The van der Waals surface area contributed by atoms with Gasteiger partial charge in [-0.05, 0) is 12.0 Å². The largest absolute Gasteiger partial charge is 0.378 e. The van der Waals surface area contributed by atoms with E-state index < -0.39 is 0 Å². The molecule has 0 aromatic carbocycles. The van der Waals surface area contributed by atoms with Crippen molar-refractivity contribution < 1.29 is 4.74 Å². The zero-order valence-electron chi connectivity index (χ0n) is 9.74. The highest BCUT2D eigenvalue weighted by molar-refractivity contribution is 6.30. The number of aromatic nitrogens is 1. The Morgan fingerprint density at radius 1 is 1.38 bits per heavy atom. The van der Waals surface area contributed by atoms with Crippen molar-refractivity contribution in [1.82, 2.24) is 4.98 Å². The van der Waals surface area contributed by atoms with Crippen molar-refractivity contribution in [2.24, 2.45) is 0 Å². The van der Waals surface area contributed by atoms with Crippen LogP contribution in [0.25, 0.3) is 0 Å². The normalized spacial score (nSPS) is 16.9. The van der Waals surface area contributed by atoms with E-state index in [-0.39, 0.29) is 0 Å². The Hall–Kier alpha value is -0.800. The summed E-state index contributed by atoms with van der Waals surface area (Å²) in [5.74, 6) is 0.412. The molecule has 16 heavy (non-hydrogen) atoms. The molecule has 1 fully saturated rings. The van der Waals surface area contributed by atoms with E-state index in [4.69, 9.17) is 16.3 Å². The van der Waals surface area contributed by atoms with E-state index in [9.17, 15) is 0 Å². The second kappa shape index (κ2) is 5.02. The highest BCUT2D eigenvalue weighted by Crippen LogP contribution is 2.28. The standard InChI is InChI=1S/C12H17ClN2O/c1-9(2)12-11(7-10(13)8-14-12)15-3-5-16-6-4-15/h7-9H,3-6H2,1-2H3. The van der Waals surface area contributed by atoms with Crippen LogP contribution in [0.4, 0.5) is 5.69 Å². The maximum atomic E-state index is 6.02. The molecule has 0 amide bonds. The summed E-state index contributed by atoms with van der Waals surface area (Å²) in [6.07, 6.45) is 1.72. The average Bonchev–Trinajstić information content (AvgIpc) is 2.29. The van der Waals surface area contributed by atoms with E-state index in [0.717, 1.165) is 37.7 Å². The van der Waals surface area contributed by atoms with Gasteiger partial charge in [0.05, 0.1) is 29.6 Å². The molecule has 0 bridgehead atoms. The molecule has 2 rings (SSSR count). The number of anilines is 1. The van der Waals surface area contributed by atoms with E-state index in [1.54, 1.807) is 6.20 Å². The molecular formula is C12H17ClN2O. The van der Waals surface area contributed by atoms with Crippen LogP contribution in [0.3, 0.4) is 0 Å². The molecule has 0 saturated carbocycles. The first kappa shape index (κ1) is 11.7. The van der Waals surface area contributed by atoms with E-state index in [0.29, 0.717) is 10.9 Å². The first-order chi connectivity index (χ1) is 7.68. The number of nitrogens with zero attached hydrogens (tertiary/aromatic N) is 2. The summed E-state index contributed by atoms with van der Waals surface area (Å²) in [4.78, 5) is 6.74. The summed E-state index contributed by atoms with van der Waals surface area (Å²) in [6, 6.07) is 2.01. The van der Waals surface area contributed by atoms with Gasteiger partial charge in [-0.15, -0.1) is 0 Å². The highest BCUT2D eigenvalue weighted by atomic mass is 35.5. The lowest BCUT2D eigenvalue weighted by molar-refractivity contribution is 0.122. The fraction of sp³-hybridized carbons (Fsp3) is 0.583. The molecule has 4 heteroatoms. The Morgan fingerprint density at radius 2 is 2.06 bits per heavy atom. The summed E-state index contributed by atoms with van der Waals surface area (Å²) in [7, 11) is 0. The van der Waals surface area contributed by atoms with Crippen LogP contribution >= 0.6 is 11.6 Å². The van der Waals surface area contributed by atoms with Gasteiger partial charge in [-0.3, -0.25) is 4.98 Å². The summed E-state index contributed by atoms with van der Waals surface area (Å²) in [5.41, 5.74) is 2.28. The van der Waals surface area contributed by atoms with Gasteiger partial charge >= 0.3 is 0 Å². The fourth-order valence-corrected chi connectivity index (χ4v) is 2.09. The minimum absolute atomic E-state index is 0.412. The van der Waals surface area contributed by atoms with E-state index in [2.05, 4.69) is 23.7 Å². The van der Waals surface area contributed by atoms with Crippen LogP contribution in [0.1, 0.15) is 25.5 Å². The maximum Gasteiger partial charge on any atom is 0.0663 e. The van der Waals surface area contributed by atoms with Gasteiger partial charge in [0.2, 0.25) is 0 Å². The second-order valence-corrected chi connectivity index (χ2v) is 4.75. The third-order valence-corrected chi connectivity index (χ3v) is 2.97. The molecule has 3 nitrogen and oxygen atoms in total. The molecule has 1 aromatic rings. The summed E-state index contributed by atoms with van der Waals surface area (Å²) in [6.45, 7) is 7.71. The molecule has 0 N–H and O–H groups in total. The van der Waals surface area contributed by atoms with Crippen LogP contribution in [-0.2, 0) is 4.74 Å². The Kier molecular flexibility index (Phi) is 3.66. The first-order valence-corrected chi connectivity index (χ1v) is 6.04. The number of hydrogen-bond acceptors (Lipinski definition) is 3. The molecule has 1 saturated heterocycles. The number of hydrogen-bond donors (Lipinski definition) is 0. The molecular weight excluding hydrogens is 224 g/mol. The minimum atomic E-state index is 0.412. The van der Waals surface area contributed by atoms with Crippen LogP contribution in [0.15, 0.2) is 12.3 Å². The topological polar surface area (TPSA) is 25.4 Å². The molecule has 2 heterocycles. The lowest BCUT2D eigenvalue weighted by Gasteiger charge is -2.31. The number of morpholine rings is 1.